The fourth-order valence-corrected chi connectivity index (χ4v) is 4.07. The summed E-state index contributed by atoms with van der Waals surface area (Å²) >= 11 is 0. The summed E-state index contributed by atoms with van der Waals surface area (Å²) in [6.07, 6.45) is -1.61. The first-order valence-electron chi connectivity index (χ1n) is 11.7. The molecule has 5 rings (SSSR count). The second kappa shape index (κ2) is 11.0. The average molecular weight is 522 g/mol. The Morgan fingerprint density at radius 1 is 1.13 bits per heavy atom. The van der Waals surface area contributed by atoms with Gasteiger partial charge in [0.2, 0.25) is 5.95 Å². The number of nitrogen functional groups attached to an aromatic ring is 1. The number of methoxy groups -OCH3 is 1. The zero-order valence-electron chi connectivity index (χ0n) is 20.4. The molecule has 4 aromatic rings. The first kappa shape index (κ1) is 25.4. The summed E-state index contributed by atoms with van der Waals surface area (Å²) in [5.74, 6) is 1.31. The highest BCUT2D eigenvalue weighted by Gasteiger charge is 2.44. The molecule has 0 spiro atoms. The Morgan fingerprint density at radius 3 is 2.68 bits per heavy atom. The van der Waals surface area contributed by atoms with E-state index < -0.39 is 31.1 Å². The molecule has 1 saturated heterocycles. The molecule has 13 heteroatoms. The first-order chi connectivity index (χ1) is 18.5. The van der Waals surface area contributed by atoms with E-state index in [-0.39, 0.29) is 22.9 Å². The molecule has 38 heavy (non-hydrogen) atoms. The van der Waals surface area contributed by atoms with Crippen molar-refractivity contribution in [3.8, 4) is 11.5 Å². The van der Waals surface area contributed by atoms with E-state index in [1.54, 1.807) is 25.5 Å². The van der Waals surface area contributed by atoms with Crippen LogP contribution in [-0.2, 0) is 11.3 Å². The number of nitrogens with two attached hydrogens (primary N) is 1. The van der Waals surface area contributed by atoms with E-state index in [4.69, 9.17) is 19.9 Å². The van der Waals surface area contributed by atoms with Crippen LogP contribution in [0.3, 0.4) is 0 Å². The minimum Gasteiger partial charge on any atom is -0.493 e. The molecule has 0 saturated carbocycles. The Morgan fingerprint density at radius 2 is 1.95 bits per heavy atom. The number of rotatable bonds is 9. The van der Waals surface area contributed by atoms with Crippen LogP contribution in [0.2, 0.25) is 0 Å². The third-order valence-corrected chi connectivity index (χ3v) is 6.04. The number of hydrazone groups is 1. The molecule has 1 aliphatic heterocycles. The Labute approximate surface area is 217 Å². The molecule has 1 fully saturated rings. The number of anilines is 2. The number of ether oxygens (including phenoxy) is 3. The van der Waals surface area contributed by atoms with Gasteiger partial charge in [-0.2, -0.15) is 15.1 Å². The molecule has 0 bridgehead atoms. The van der Waals surface area contributed by atoms with Crippen molar-refractivity contribution in [2.24, 2.45) is 5.10 Å². The second-order valence-electron chi connectivity index (χ2n) is 8.54. The molecular formula is C25H27N7O6. The lowest BCUT2D eigenvalue weighted by atomic mass is 10.1. The van der Waals surface area contributed by atoms with E-state index >= 15 is 0 Å². The standard InChI is InChI=1S/C25H27N7O6/c1-36-17-9-15(7-8-16(17)37-12-14-5-3-2-4-6-14)10-28-31-25-29-22(26)19-23(30-25)32(13-27-19)24-21(35)20(34)18(11-33)38-24/h2-10,13,18,20-21,24,33-35H,11-12H2,1H3,(H3,26,29,30,31)/b28-10+/t18-,20-,21-,24-/m1/s1. The number of nitrogens with one attached hydrogen (secondary N) is 1. The van der Waals surface area contributed by atoms with Gasteiger partial charge >= 0.3 is 0 Å². The number of nitrogens with zero attached hydrogens (tertiary/aromatic N) is 5. The molecule has 0 aliphatic carbocycles. The van der Waals surface area contributed by atoms with E-state index in [0.29, 0.717) is 18.1 Å². The Kier molecular flexibility index (Phi) is 7.33. The SMILES string of the molecule is COc1cc(/C=N/Nc2nc(N)c3ncn([C@@H]4O[C@H](CO)[C@@H](O)[C@H]4O)c3n2)ccc1OCc1ccccc1. The van der Waals surface area contributed by atoms with Gasteiger partial charge in [-0.25, -0.2) is 10.4 Å². The Balaban J connectivity index is 1.31. The van der Waals surface area contributed by atoms with E-state index in [0.717, 1.165) is 11.1 Å². The third-order valence-electron chi connectivity index (χ3n) is 6.04. The molecule has 0 radical (unpaired) electrons. The summed E-state index contributed by atoms with van der Waals surface area (Å²) in [5.41, 5.74) is 11.1. The van der Waals surface area contributed by atoms with Crippen molar-refractivity contribution in [1.29, 1.82) is 0 Å². The van der Waals surface area contributed by atoms with Crippen LogP contribution in [0, 0.1) is 0 Å². The number of hydrogen-bond acceptors (Lipinski definition) is 12. The average Bonchev–Trinajstić information content (AvgIpc) is 3.49. The number of aliphatic hydroxyl groups excluding tert-OH is 3. The normalized spacial score (nSPS) is 21.3. The number of imidazole rings is 1. The van der Waals surface area contributed by atoms with Crippen molar-refractivity contribution in [2.45, 2.75) is 31.1 Å². The fraction of sp³-hybridized carbons (Fsp3) is 0.280. The van der Waals surface area contributed by atoms with Crippen molar-refractivity contribution in [2.75, 3.05) is 24.9 Å². The van der Waals surface area contributed by atoms with Crippen molar-refractivity contribution in [1.82, 2.24) is 19.5 Å². The molecule has 0 amide bonds. The van der Waals surface area contributed by atoms with E-state index in [2.05, 4.69) is 25.5 Å². The van der Waals surface area contributed by atoms with Crippen LogP contribution in [0.5, 0.6) is 11.5 Å². The number of aromatic nitrogens is 4. The van der Waals surface area contributed by atoms with Gasteiger partial charge in [-0.1, -0.05) is 30.3 Å². The molecule has 1 aliphatic rings. The van der Waals surface area contributed by atoms with Gasteiger partial charge in [0.25, 0.3) is 0 Å². The number of benzene rings is 2. The Bertz CT molecular complexity index is 1430. The monoisotopic (exact) mass is 521 g/mol. The minimum absolute atomic E-state index is 0.0783. The smallest absolute Gasteiger partial charge is 0.247 e. The van der Waals surface area contributed by atoms with Crippen LogP contribution in [0.15, 0.2) is 60.0 Å². The summed E-state index contributed by atoms with van der Waals surface area (Å²) in [6.45, 7) is -0.0442. The third kappa shape index (κ3) is 5.08. The highest BCUT2D eigenvalue weighted by molar-refractivity contribution is 5.84. The van der Waals surface area contributed by atoms with Crippen LogP contribution in [-0.4, -0.2) is 73.1 Å². The van der Waals surface area contributed by atoms with E-state index in [1.807, 2.05) is 36.4 Å². The summed E-state index contributed by atoms with van der Waals surface area (Å²) in [5, 5.41) is 34.0. The number of hydrogen-bond donors (Lipinski definition) is 5. The Hall–Kier alpha value is -4.30. The predicted molar refractivity (Wildman–Crippen MR) is 138 cm³/mol. The van der Waals surface area contributed by atoms with Crippen LogP contribution in [0.1, 0.15) is 17.4 Å². The van der Waals surface area contributed by atoms with Crippen LogP contribution in [0.4, 0.5) is 11.8 Å². The van der Waals surface area contributed by atoms with Gasteiger partial charge in [-0.3, -0.25) is 4.57 Å². The second-order valence-corrected chi connectivity index (χ2v) is 8.54. The lowest BCUT2D eigenvalue weighted by molar-refractivity contribution is -0.0511. The minimum atomic E-state index is -1.30. The maximum Gasteiger partial charge on any atom is 0.247 e. The van der Waals surface area contributed by atoms with Gasteiger partial charge in [0, 0.05) is 0 Å². The van der Waals surface area contributed by atoms with Crippen LogP contribution < -0.4 is 20.6 Å². The van der Waals surface area contributed by atoms with E-state index in [1.165, 1.54) is 10.9 Å². The van der Waals surface area contributed by atoms with Gasteiger partial charge in [-0.15, -0.1) is 0 Å². The topological polar surface area (TPSA) is 182 Å². The molecule has 2 aromatic carbocycles. The quantitative estimate of drug-likeness (QED) is 0.157. The van der Waals surface area contributed by atoms with Crippen LogP contribution in [0.25, 0.3) is 11.2 Å². The molecule has 13 nitrogen and oxygen atoms in total. The molecule has 4 atom stereocenters. The largest absolute Gasteiger partial charge is 0.493 e. The van der Waals surface area contributed by atoms with Crippen molar-refractivity contribution in [3.63, 3.8) is 0 Å². The predicted octanol–water partition coefficient (Wildman–Crippen LogP) is 1.05. The molecular weight excluding hydrogens is 494 g/mol. The number of fused-ring (bicyclic) bond motifs is 1. The summed E-state index contributed by atoms with van der Waals surface area (Å²) in [4.78, 5) is 12.7. The van der Waals surface area contributed by atoms with E-state index in [9.17, 15) is 15.3 Å². The van der Waals surface area contributed by atoms with Gasteiger partial charge in [0.05, 0.1) is 26.3 Å². The first-order valence-corrected chi connectivity index (χ1v) is 11.7. The van der Waals surface area contributed by atoms with Crippen molar-refractivity contribution in [3.05, 3.63) is 66.0 Å². The molecule has 2 aromatic heterocycles. The maximum atomic E-state index is 10.4. The lowest BCUT2D eigenvalue weighted by Crippen LogP contribution is -2.33. The number of aliphatic hydroxyl groups is 3. The summed E-state index contributed by atoms with van der Waals surface area (Å²) < 4.78 is 18.4. The zero-order valence-corrected chi connectivity index (χ0v) is 20.4. The molecule has 3 heterocycles. The van der Waals surface area contributed by atoms with Gasteiger partial charge in [0.1, 0.15) is 30.4 Å². The lowest BCUT2D eigenvalue weighted by Gasteiger charge is -2.16. The van der Waals surface area contributed by atoms with Gasteiger partial charge in [-0.05, 0) is 29.3 Å². The highest BCUT2D eigenvalue weighted by atomic mass is 16.6. The van der Waals surface area contributed by atoms with Gasteiger partial charge < -0.3 is 35.3 Å². The molecule has 198 valence electrons. The maximum absolute atomic E-state index is 10.4. The molecule has 6 N–H and O–H groups in total. The zero-order chi connectivity index (χ0) is 26.6. The van der Waals surface area contributed by atoms with Crippen LogP contribution >= 0.6 is 0 Å². The summed E-state index contributed by atoms with van der Waals surface area (Å²) in [6, 6.07) is 15.2. The van der Waals surface area contributed by atoms with Crippen molar-refractivity contribution >= 4 is 29.1 Å². The van der Waals surface area contributed by atoms with Crippen molar-refractivity contribution < 1.29 is 29.5 Å². The summed E-state index contributed by atoms with van der Waals surface area (Å²) in [7, 11) is 1.56. The fourth-order valence-electron chi connectivity index (χ4n) is 4.07. The highest BCUT2D eigenvalue weighted by Crippen LogP contribution is 2.32. The van der Waals surface area contributed by atoms with Gasteiger partial charge in [0.15, 0.2) is 29.2 Å². The molecule has 0 unspecified atom stereocenters.